The molecule has 3 aromatic carbocycles. The van der Waals surface area contributed by atoms with Crippen LogP contribution in [0.3, 0.4) is 0 Å². The third-order valence-electron chi connectivity index (χ3n) is 4.15. The van der Waals surface area contributed by atoms with E-state index in [2.05, 4.69) is 17.4 Å². The Morgan fingerprint density at radius 2 is 1.31 bits per heavy atom. The quantitative estimate of drug-likeness (QED) is 0.720. The first-order chi connectivity index (χ1) is 12.6. The Kier molecular flexibility index (Phi) is 5.44. The number of carbonyl (C=O) groups excluding carboxylic acids is 2. The number of rotatable bonds is 6. The highest BCUT2D eigenvalue weighted by atomic mass is 16.1. The predicted molar refractivity (Wildman–Crippen MR) is 102 cm³/mol. The number of primary amides is 1. The Bertz CT molecular complexity index is 886. The minimum absolute atomic E-state index is 0.0450. The van der Waals surface area contributed by atoms with Crippen molar-refractivity contribution in [1.29, 1.82) is 0 Å². The van der Waals surface area contributed by atoms with Crippen LogP contribution in [0.25, 0.3) is 11.1 Å². The molecule has 0 unspecified atom stereocenters. The summed E-state index contributed by atoms with van der Waals surface area (Å²) in [5.74, 6) is -0.504. The van der Waals surface area contributed by atoms with E-state index in [1.807, 2.05) is 42.5 Å². The number of nitrogens with one attached hydrogen (secondary N) is 1. The number of hydrogen-bond acceptors (Lipinski definition) is 2. The topological polar surface area (TPSA) is 72.2 Å². The van der Waals surface area contributed by atoms with E-state index in [1.165, 1.54) is 0 Å². The Morgan fingerprint density at radius 1 is 0.731 bits per heavy atom. The minimum Gasteiger partial charge on any atom is -0.366 e. The van der Waals surface area contributed by atoms with Gasteiger partial charge in [0.25, 0.3) is 0 Å². The van der Waals surface area contributed by atoms with Gasteiger partial charge in [-0.15, -0.1) is 0 Å². The minimum atomic E-state index is -0.459. The Labute approximate surface area is 152 Å². The number of amides is 2. The summed E-state index contributed by atoms with van der Waals surface area (Å²) >= 11 is 0. The summed E-state index contributed by atoms with van der Waals surface area (Å²) in [5.41, 5.74) is 9.84. The van der Waals surface area contributed by atoms with E-state index >= 15 is 0 Å². The monoisotopic (exact) mass is 344 g/mol. The Hall–Kier alpha value is -3.40. The van der Waals surface area contributed by atoms with Gasteiger partial charge in [0.05, 0.1) is 6.42 Å². The molecule has 0 aliphatic heterocycles. The van der Waals surface area contributed by atoms with Gasteiger partial charge in [-0.05, 0) is 34.4 Å². The van der Waals surface area contributed by atoms with Crippen LogP contribution in [-0.4, -0.2) is 11.8 Å². The van der Waals surface area contributed by atoms with Crippen molar-refractivity contribution in [2.75, 3.05) is 0 Å². The van der Waals surface area contributed by atoms with Crippen molar-refractivity contribution < 1.29 is 9.59 Å². The van der Waals surface area contributed by atoms with Gasteiger partial charge in [0, 0.05) is 12.1 Å². The normalized spacial score (nSPS) is 10.3. The molecule has 130 valence electrons. The van der Waals surface area contributed by atoms with Crippen molar-refractivity contribution >= 4 is 11.8 Å². The van der Waals surface area contributed by atoms with Crippen LogP contribution in [0.1, 0.15) is 21.5 Å². The molecular formula is C22H20N2O2. The van der Waals surface area contributed by atoms with Crippen LogP contribution in [0.5, 0.6) is 0 Å². The summed E-state index contributed by atoms with van der Waals surface area (Å²) in [7, 11) is 0. The van der Waals surface area contributed by atoms with E-state index in [0.29, 0.717) is 18.5 Å². The van der Waals surface area contributed by atoms with E-state index in [4.69, 9.17) is 5.73 Å². The zero-order valence-electron chi connectivity index (χ0n) is 14.3. The van der Waals surface area contributed by atoms with Gasteiger partial charge in [-0.1, -0.05) is 66.7 Å². The van der Waals surface area contributed by atoms with Gasteiger partial charge in [-0.2, -0.15) is 0 Å². The number of nitrogens with two attached hydrogens (primary N) is 1. The fourth-order valence-electron chi connectivity index (χ4n) is 2.68. The zero-order valence-corrected chi connectivity index (χ0v) is 14.3. The second-order valence-electron chi connectivity index (χ2n) is 6.08. The Balaban J connectivity index is 1.54. The fourth-order valence-corrected chi connectivity index (χ4v) is 2.68. The molecule has 3 aromatic rings. The fraction of sp³-hybridized carbons (Fsp3) is 0.0909. The maximum Gasteiger partial charge on any atom is 0.248 e. The average Bonchev–Trinajstić information content (AvgIpc) is 2.68. The molecule has 0 bridgehead atoms. The van der Waals surface area contributed by atoms with Crippen LogP contribution >= 0.6 is 0 Å². The summed E-state index contributed by atoms with van der Waals surface area (Å²) in [6.45, 7) is 0.417. The summed E-state index contributed by atoms with van der Waals surface area (Å²) in [6.07, 6.45) is 0.328. The highest BCUT2D eigenvalue weighted by Gasteiger charge is 2.05. The van der Waals surface area contributed by atoms with Gasteiger partial charge in [0.1, 0.15) is 0 Å². The van der Waals surface area contributed by atoms with Crippen molar-refractivity contribution in [2.45, 2.75) is 13.0 Å². The third-order valence-corrected chi connectivity index (χ3v) is 4.15. The molecule has 3 N–H and O–H groups in total. The van der Waals surface area contributed by atoms with E-state index in [1.54, 1.807) is 24.3 Å². The molecule has 0 aliphatic carbocycles. The highest BCUT2D eigenvalue weighted by molar-refractivity contribution is 5.92. The van der Waals surface area contributed by atoms with Gasteiger partial charge in [0.15, 0.2) is 0 Å². The van der Waals surface area contributed by atoms with Crippen molar-refractivity contribution in [3.05, 3.63) is 95.6 Å². The molecule has 0 aliphatic rings. The third kappa shape index (κ3) is 4.57. The summed E-state index contributed by atoms with van der Waals surface area (Å²) < 4.78 is 0. The summed E-state index contributed by atoms with van der Waals surface area (Å²) in [6, 6.07) is 25.0. The number of benzene rings is 3. The lowest BCUT2D eigenvalue weighted by atomic mass is 10.0. The van der Waals surface area contributed by atoms with Crippen LogP contribution in [-0.2, 0) is 17.8 Å². The van der Waals surface area contributed by atoms with Crippen molar-refractivity contribution in [3.8, 4) is 11.1 Å². The van der Waals surface area contributed by atoms with Crippen LogP contribution in [0.2, 0.25) is 0 Å². The molecular weight excluding hydrogens is 324 g/mol. The smallest absolute Gasteiger partial charge is 0.248 e. The van der Waals surface area contributed by atoms with Crippen molar-refractivity contribution in [1.82, 2.24) is 5.32 Å². The SMILES string of the molecule is NC(=O)c1ccc(CNC(=O)Cc2ccc(-c3ccccc3)cc2)cc1. The number of carbonyl (C=O) groups is 2. The molecule has 4 nitrogen and oxygen atoms in total. The van der Waals surface area contributed by atoms with E-state index in [9.17, 15) is 9.59 Å². The first-order valence-electron chi connectivity index (χ1n) is 8.41. The lowest BCUT2D eigenvalue weighted by Gasteiger charge is -2.07. The summed E-state index contributed by atoms with van der Waals surface area (Å²) in [5, 5.41) is 2.89. The van der Waals surface area contributed by atoms with Gasteiger partial charge < -0.3 is 11.1 Å². The second kappa shape index (κ2) is 8.12. The standard InChI is InChI=1S/C22H20N2O2/c23-22(26)20-12-8-17(9-13-20)15-24-21(25)14-16-6-10-19(11-7-16)18-4-2-1-3-5-18/h1-13H,14-15H2,(H2,23,26)(H,24,25). The van der Waals surface area contributed by atoms with Gasteiger partial charge in [0.2, 0.25) is 11.8 Å². The highest BCUT2D eigenvalue weighted by Crippen LogP contribution is 2.19. The molecule has 26 heavy (non-hydrogen) atoms. The average molecular weight is 344 g/mol. The van der Waals surface area contributed by atoms with E-state index in [0.717, 1.165) is 22.3 Å². The first-order valence-corrected chi connectivity index (χ1v) is 8.41. The maximum absolute atomic E-state index is 12.1. The first kappa shape index (κ1) is 17.4. The van der Waals surface area contributed by atoms with Crippen LogP contribution in [0.4, 0.5) is 0 Å². The van der Waals surface area contributed by atoms with Crippen LogP contribution in [0, 0.1) is 0 Å². The predicted octanol–water partition coefficient (Wildman–Crippen LogP) is 3.31. The molecule has 0 aromatic heterocycles. The van der Waals surface area contributed by atoms with Crippen molar-refractivity contribution in [3.63, 3.8) is 0 Å². The molecule has 4 heteroatoms. The maximum atomic E-state index is 12.1. The van der Waals surface area contributed by atoms with Crippen LogP contribution in [0.15, 0.2) is 78.9 Å². The molecule has 2 amide bonds. The largest absolute Gasteiger partial charge is 0.366 e. The van der Waals surface area contributed by atoms with Gasteiger partial charge in [-0.25, -0.2) is 0 Å². The van der Waals surface area contributed by atoms with Crippen molar-refractivity contribution in [2.24, 2.45) is 5.73 Å². The lowest BCUT2D eigenvalue weighted by Crippen LogP contribution is -2.24. The molecule has 0 fully saturated rings. The molecule has 0 heterocycles. The molecule has 0 radical (unpaired) electrons. The van der Waals surface area contributed by atoms with Gasteiger partial charge >= 0.3 is 0 Å². The summed E-state index contributed by atoms with van der Waals surface area (Å²) in [4.78, 5) is 23.2. The molecule has 0 atom stereocenters. The zero-order chi connectivity index (χ0) is 18.4. The molecule has 0 saturated carbocycles. The molecule has 3 rings (SSSR count). The second-order valence-corrected chi connectivity index (χ2v) is 6.08. The van der Waals surface area contributed by atoms with Gasteiger partial charge in [-0.3, -0.25) is 9.59 Å². The number of hydrogen-bond donors (Lipinski definition) is 2. The van der Waals surface area contributed by atoms with Crippen LogP contribution < -0.4 is 11.1 Å². The molecule has 0 spiro atoms. The van der Waals surface area contributed by atoms with E-state index in [-0.39, 0.29) is 5.91 Å². The van der Waals surface area contributed by atoms with E-state index < -0.39 is 5.91 Å². The molecule has 0 saturated heterocycles. The lowest BCUT2D eigenvalue weighted by molar-refractivity contribution is -0.120. The Morgan fingerprint density at radius 3 is 1.92 bits per heavy atom.